The zero-order chi connectivity index (χ0) is 24.1. The summed E-state index contributed by atoms with van der Waals surface area (Å²) in [6, 6.07) is 16.1. The minimum Gasteiger partial charge on any atom is -0.339 e. The first-order chi connectivity index (χ1) is 16.4. The third kappa shape index (κ3) is 5.11. The zero-order valence-corrected chi connectivity index (χ0v) is 19.0. The van der Waals surface area contributed by atoms with Gasteiger partial charge in [-0.1, -0.05) is 41.6 Å². The molecule has 2 aromatic carbocycles. The Bertz CT molecular complexity index is 1190. The molecule has 10 heteroatoms. The number of nitrogens with zero attached hydrogens (tertiary/aromatic N) is 6. The second kappa shape index (κ2) is 10.2. The Balaban J connectivity index is 1.32. The number of nitro benzene ring substituents is 1. The highest BCUT2D eigenvalue weighted by molar-refractivity contribution is 5.93. The molecule has 2 amide bonds. The number of non-ortho nitro benzene ring substituents is 1. The molecule has 1 aliphatic heterocycles. The lowest BCUT2D eigenvalue weighted by molar-refractivity contribution is -0.384. The predicted molar refractivity (Wildman–Crippen MR) is 125 cm³/mol. The van der Waals surface area contributed by atoms with E-state index >= 15 is 0 Å². The summed E-state index contributed by atoms with van der Waals surface area (Å²) in [5, 5.41) is 19.1. The van der Waals surface area contributed by atoms with Gasteiger partial charge >= 0.3 is 0 Å². The summed E-state index contributed by atoms with van der Waals surface area (Å²) < 4.78 is 1.42. The fraction of sp³-hybridized carbons (Fsp3) is 0.333. The van der Waals surface area contributed by atoms with Gasteiger partial charge in [-0.3, -0.25) is 19.7 Å². The van der Waals surface area contributed by atoms with Gasteiger partial charge in [0, 0.05) is 44.7 Å². The topological polar surface area (TPSA) is 114 Å². The van der Waals surface area contributed by atoms with Crippen molar-refractivity contribution in [3.05, 3.63) is 81.7 Å². The third-order valence-corrected chi connectivity index (χ3v) is 6.00. The Morgan fingerprint density at radius 2 is 1.71 bits per heavy atom. The summed E-state index contributed by atoms with van der Waals surface area (Å²) in [7, 11) is 0. The number of aryl methyl sites for hydroxylation is 1. The molecule has 2 heterocycles. The Hall–Kier alpha value is -4.08. The molecule has 4 rings (SSSR count). The van der Waals surface area contributed by atoms with Crippen molar-refractivity contribution in [2.75, 3.05) is 26.2 Å². The lowest BCUT2D eigenvalue weighted by Crippen LogP contribution is -2.50. The van der Waals surface area contributed by atoms with Gasteiger partial charge in [0.1, 0.15) is 0 Å². The quantitative estimate of drug-likeness (QED) is 0.394. The molecule has 0 unspecified atom stereocenters. The molecule has 176 valence electrons. The largest absolute Gasteiger partial charge is 0.339 e. The minimum atomic E-state index is -0.482. The Kier molecular flexibility index (Phi) is 6.95. The summed E-state index contributed by atoms with van der Waals surface area (Å²) in [6.07, 6.45) is 2.14. The molecule has 0 aliphatic carbocycles. The van der Waals surface area contributed by atoms with Gasteiger partial charge in [-0.2, -0.15) is 0 Å². The number of amides is 2. The van der Waals surface area contributed by atoms with Crippen molar-refractivity contribution in [2.45, 2.75) is 26.2 Å². The molecule has 1 aromatic heterocycles. The van der Waals surface area contributed by atoms with E-state index in [-0.39, 0.29) is 23.2 Å². The molecule has 0 N–H and O–H groups in total. The molecule has 34 heavy (non-hydrogen) atoms. The maximum atomic E-state index is 13.0. The van der Waals surface area contributed by atoms with Gasteiger partial charge in [-0.25, -0.2) is 4.68 Å². The van der Waals surface area contributed by atoms with E-state index in [1.807, 2.05) is 23.1 Å². The number of carbonyl (C=O) groups is 2. The lowest BCUT2D eigenvalue weighted by atomic mass is 10.1. The van der Waals surface area contributed by atoms with Crippen LogP contribution in [-0.2, 0) is 11.2 Å². The Morgan fingerprint density at radius 3 is 2.41 bits per heavy atom. The molecule has 0 radical (unpaired) electrons. The number of hydrogen-bond donors (Lipinski definition) is 0. The maximum Gasteiger partial charge on any atom is 0.276 e. The lowest BCUT2D eigenvalue weighted by Gasteiger charge is -2.34. The molecule has 0 atom stereocenters. The van der Waals surface area contributed by atoms with E-state index in [2.05, 4.69) is 22.4 Å². The van der Waals surface area contributed by atoms with E-state index in [1.54, 1.807) is 24.0 Å². The average Bonchev–Trinajstić information content (AvgIpc) is 3.25. The van der Waals surface area contributed by atoms with E-state index in [0.717, 1.165) is 12.8 Å². The van der Waals surface area contributed by atoms with Gasteiger partial charge < -0.3 is 9.80 Å². The molecule has 0 bridgehead atoms. The van der Waals surface area contributed by atoms with Crippen molar-refractivity contribution in [1.82, 2.24) is 24.8 Å². The number of nitro groups is 1. The maximum absolute atomic E-state index is 13.0. The fourth-order valence-corrected chi connectivity index (χ4v) is 4.07. The molecule has 1 fully saturated rings. The first-order valence-electron chi connectivity index (χ1n) is 11.2. The van der Waals surface area contributed by atoms with Crippen molar-refractivity contribution in [1.29, 1.82) is 0 Å². The molecule has 0 saturated carbocycles. The number of carbonyl (C=O) groups excluding carboxylic acids is 2. The van der Waals surface area contributed by atoms with Gasteiger partial charge in [0.15, 0.2) is 5.69 Å². The Morgan fingerprint density at radius 1 is 1.00 bits per heavy atom. The van der Waals surface area contributed by atoms with Crippen LogP contribution in [0, 0.1) is 17.0 Å². The second-order valence-corrected chi connectivity index (χ2v) is 8.22. The molecule has 1 saturated heterocycles. The van der Waals surface area contributed by atoms with Crippen LogP contribution in [0.25, 0.3) is 5.69 Å². The van der Waals surface area contributed by atoms with E-state index in [1.165, 1.54) is 22.4 Å². The van der Waals surface area contributed by atoms with E-state index in [4.69, 9.17) is 0 Å². The predicted octanol–water partition coefficient (Wildman–Crippen LogP) is 2.79. The van der Waals surface area contributed by atoms with E-state index < -0.39 is 4.92 Å². The highest BCUT2D eigenvalue weighted by atomic mass is 16.6. The van der Waals surface area contributed by atoms with Crippen molar-refractivity contribution in [3.8, 4) is 5.69 Å². The number of piperazine rings is 1. The highest BCUT2D eigenvalue weighted by Gasteiger charge is 2.28. The molecule has 0 spiro atoms. The summed E-state index contributed by atoms with van der Waals surface area (Å²) >= 11 is 0. The van der Waals surface area contributed by atoms with Crippen molar-refractivity contribution in [2.24, 2.45) is 0 Å². The van der Waals surface area contributed by atoms with E-state index in [0.29, 0.717) is 44.0 Å². The molecule has 3 aromatic rings. The van der Waals surface area contributed by atoms with Crippen LogP contribution in [0.15, 0.2) is 54.6 Å². The van der Waals surface area contributed by atoms with Crippen LogP contribution in [0.1, 0.15) is 34.6 Å². The van der Waals surface area contributed by atoms with Crippen LogP contribution < -0.4 is 0 Å². The normalized spacial score (nSPS) is 13.7. The number of hydrogen-bond acceptors (Lipinski definition) is 6. The van der Waals surface area contributed by atoms with E-state index in [9.17, 15) is 19.7 Å². The first-order valence-corrected chi connectivity index (χ1v) is 11.2. The average molecular weight is 463 g/mol. The van der Waals surface area contributed by atoms with Crippen molar-refractivity contribution >= 4 is 17.5 Å². The van der Waals surface area contributed by atoms with Gasteiger partial charge in [-0.05, 0) is 31.4 Å². The highest BCUT2D eigenvalue weighted by Crippen LogP contribution is 2.19. The zero-order valence-electron chi connectivity index (χ0n) is 19.0. The first kappa shape index (κ1) is 23.1. The summed E-state index contributed by atoms with van der Waals surface area (Å²) in [5.74, 6) is -0.152. The molecule has 1 aliphatic rings. The number of rotatable bonds is 7. The third-order valence-electron chi connectivity index (χ3n) is 6.00. The summed E-state index contributed by atoms with van der Waals surface area (Å²) in [5.41, 5.74) is 2.33. The van der Waals surface area contributed by atoms with Gasteiger partial charge in [0.25, 0.3) is 11.6 Å². The SMILES string of the molecule is Cc1c(C(=O)N2CCN(C(=O)CCCc3ccccc3)CC2)nnn1-c1cccc([N+](=O)[O-])c1. The van der Waals surface area contributed by atoms with Crippen LogP contribution in [-0.4, -0.2) is 67.7 Å². The standard InChI is InChI=1S/C24H26N6O4/c1-18-23(25-26-29(18)20-10-6-11-21(17-20)30(33)34)24(32)28-15-13-27(14-16-28)22(31)12-5-9-19-7-3-2-4-8-19/h2-4,6-8,10-11,17H,5,9,12-16H2,1H3. The van der Waals surface area contributed by atoms with Crippen molar-refractivity contribution < 1.29 is 14.5 Å². The van der Waals surface area contributed by atoms with Crippen LogP contribution >= 0.6 is 0 Å². The monoisotopic (exact) mass is 462 g/mol. The number of aromatic nitrogens is 3. The van der Waals surface area contributed by atoms with Crippen LogP contribution in [0.3, 0.4) is 0 Å². The smallest absolute Gasteiger partial charge is 0.276 e. The van der Waals surface area contributed by atoms with Gasteiger partial charge in [-0.15, -0.1) is 5.10 Å². The number of benzene rings is 2. The molecule has 10 nitrogen and oxygen atoms in total. The molecular formula is C24H26N6O4. The van der Waals surface area contributed by atoms with Crippen LogP contribution in [0.5, 0.6) is 0 Å². The second-order valence-electron chi connectivity index (χ2n) is 8.22. The Labute approximate surface area is 196 Å². The summed E-state index contributed by atoms with van der Waals surface area (Å²) in [4.78, 5) is 39.7. The van der Waals surface area contributed by atoms with Crippen LogP contribution in [0.4, 0.5) is 5.69 Å². The fourth-order valence-electron chi connectivity index (χ4n) is 4.07. The van der Waals surface area contributed by atoms with Crippen molar-refractivity contribution in [3.63, 3.8) is 0 Å². The summed E-state index contributed by atoms with van der Waals surface area (Å²) in [6.45, 7) is 3.51. The molecular weight excluding hydrogens is 436 g/mol. The van der Waals surface area contributed by atoms with Gasteiger partial charge in [0.2, 0.25) is 5.91 Å². The van der Waals surface area contributed by atoms with Crippen LogP contribution in [0.2, 0.25) is 0 Å². The minimum absolute atomic E-state index is 0.0650. The van der Waals surface area contributed by atoms with Gasteiger partial charge in [0.05, 0.1) is 16.3 Å².